The number of carbonyl (C=O) groups is 7. The van der Waals surface area contributed by atoms with Crippen LogP contribution >= 0.6 is 46.4 Å². The summed E-state index contributed by atoms with van der Waals surface area (Å²) in [7, 11) is 12.0. The van der Waals surface area contributed by atoms with E-state index in [0.717, 1.165) is 34.6 Å². The van der Waals surface area contributed by atoms with Gasteiger partial charge in [0.15, 0.2) is 0 Å². The SMILES string of the molecule is CNC(=O)c1c(C)cccc1Cl.CNC(=O)c1c(Cl)cccc1Cl.CNC(=O)c1cc(C#N)ccc1Cl.CNC(=O)c1cc([N+](=O)[O-])ccc1C.CNC(=O)c1ccc(F)cc1C(F)(F)F.CNC(=O)c1ccc([N+](=O)[O-])cc1C.CNC(=O)c1ccccc1[N+](=O)[O-].CN[C@H](O)c1ccccc1Oc1ccccc1. The number of nitrogens with zero attached hydrogens (tertiary/aromatic N) is 4. The number of nitro groups is 3. The Morgan fingerprint density at radius 3 is 1.41 bits per heavy atom. The van der Waals surface area contributed by atoms with Crippen molar-refractivity contribution in [2.45, 2.75) is 33.2 Å². The summed E-state index contributed by atoms with van der Waals surface area (Å²) in [4.78, 5) is 108. The first kappa shape index (κ1) is 93.6. The number of ether oxygens (including phenoxy) is 1. The van der Waals surface area contributed by atoms with Crippen LogP contribution < -0.4 is 47.3 Å². The molecule has 27 nitrogen and oxygen atoms in total. The van der Waals surface area contributed by atoms with Gasteiger partial charge in [0.1, 0.15) is 29.1 Å². The Hall–Kier alpha value is -12.4. The number of aliphatic hydroxyl groups is 1. The summed E-state index contributed by atoms with van der Waals surface area (Å²) in [6.45, 7) is 5.25. The molecule has 9 aromatic carbocycles. The van der Waals surface area contributed by atoms with Crippen molar-refractivity contribution in [3.05, 3.63) is 317 Å². The predicted molar refractivity (Wildman–Crippen MR) is 410 cm³/mol. The maximum absolute atomic E-state index is 12.6. The molecule has 9 aromatic rings. The summed E-state index contributed by atoms with van der Waals surface area (Å²) in [5.41, 5.74) is 3.29. The van der Waals surface area contributed by atoms with Crippen molar-refractivity contribution in [2.24, 2.45) is 0 Å². The molecule has 1 atom stereocenters. The molecule has 580 valence electrons. The highest BCUT2D eigenvalue weighted by Crippen LogP contribution is 2.33. The summed E-state index contributed by atoms with van der Waals surface area (Å²) in [6, 6.07) is 49.8. The molecule has 0 heterocycles. The molecular formula is C75H74Cl4F4N12O15. The van der Waals surface area contributed by atoms with Gasteiger partial charge >= 0.3 is 6.18 Å². The molecule has 110 heavy (non-hydrogen) atoms. The van der Waals surface area contributed by atoms with Crippen LogP contribution in [0.1, 0.15) is 112 Å². The number of para-hydroxylation sites is 3. The minimum absolute atomic E-state index is 0.00449. The molecule has 0 saturated carbocycles. The van der Waals surface area contributed by atoms with Gasteiger partial charge in [-0.25, -0.2) is 4.39 Å². The molecule has 0 aliphatic heterocycles. The van der Waals surface area contributed by atoms with E-state index in [0.29, 0.717) is 70.9 Å². The van der Waals surface area contributed by atoms with E-state index in [2.05, 4.69) is 42.5 Å². The molecule has 0 unspecified atom stereocenters. The van der Waals surface area contributed by atoms with Crippen LogP contribution in [0.15, 0.2) is 188 Å². The third-order valence-corrected chi connectivity index (χ3v) is 15.5. The maximum atomic E-state index is 12.6. The van der Waals surface area contributed by atoms with Crippen molar-refractivity contribution in [1.82, 2.24) is 42.5 Å². The minimum atomic E-state index is -4.75. The minimum Gasteiger partial charge on any atom is -0.457 e. The Morgan fingerprint density at radius 1 is 0.445 bits per heavy atom. The lowest BCUT2D eigenvalue weighted by Crippen LogP contribution is -2.22. The summed E-state index contributed by atoms with van der Waals surface area (Å²) < 4.78 is 55.5. The van der Waals surface area contributed by atoms with Crippen molar-refractivity contribution in [3.8, 4) is 17.6 Å². The number of aliphatic hydroxyl groups excluding tert-OH is 1. The Bertz CT molecular complexity index is 4670. The normalized spacial score (nSPS) is 10.1. The molecule has 7 amide bonds. The fourth-order valence-corrected chi connectivity index (χ4v) is 9.74. The number of hydrogen-bond donors (Lipinski definition) is 9. The quantitative estimate of drug-likeness (QED) is 0.0211. The predicted octanol–water partition coefficient (Wildman–Crippen LogP) is 14.3. The summed E-state index contributed by atoms with van der Waals surface area (Å²) in [5, 5.41) is 70.8. The Morgan fingerprint density at radius 2 is 0.900 bits per heavy atom. The van der Waals surface area contributed by atoms with Gasteiger partial charge in [0, 0.05) is 96.4 Å². The number of nitrogens with one attached hydrogen (secondary N) is 8. The maximum Gasteiger partial charge on any atom is 0.417 e. The number of hydrogen-bond acceptors (Lipinski definition) is 17. The van der Waals surface area contributed by atoms with Crippen molar-refractivity contribution in [2.75, 3.05) is 56.4 Å². The Kier molecular flexibility index (Phi) is 40.3. The summed E-state index contributed by atoms with van der Waals surface area (Å²) in [5.74, 6) is -2.23. The van der Waals surface area contributed by atoms with Gasteiger partial charge in [-0.1, -0.05) is 119 Å². The van der Waals surface area contributed by atoms with Gasteiger partial charge in [-0.2, -0.15) is 18.4 Å². The lowest BCUT2D eigenvalue weighted by Gasteiger charge is -2.15. The number of carbonyl (C=O) groups excluding carboxylic acids is 7. The lowest BCUT2D eigenvalue weighted by molar-refractivity contribution is -0.385. The number of benzene rings is 9. The van der Waals surface area contributed by atoms with E-state index in [1.54, 1.807) is 70.4 Å². The number of alkyl halides is 3. The first-order valence-electron chi connectivity index (χ1n) is 31.7. The van der Waals surface area contributed by atoms with Gasteiger partial charge in [0.05, 0.1) is 74.3 Å². The highest BCUT2D eigenvalue weighted by molar-refractivity contribution is 6.39. The van der Waals surface area contributed by atoms with Gasteiger partial charge in [0.2, 0.25) is 0 Å². The van der Waals surface area contributed by atoms with E-state index in [9.17, 15) is 86.6 Å². The molecule has 0 aromatic heterocycles. The second-order valence-electron chi connectivity index (χ2n) is 21.5. The van der Waals surface area contributed by atoms with E-state index >= 15 is 0 Å². The van der Waals surface area contributed by atoms with Gasteiger partial charge in [0.25, 0.3) is 58.4 Å². The molecule has 0 aliphatic rings. The highest BCUT2D eigenvalue weighted by Gasteiger charge is 2.35. The molecule has 0 spiro atoms. The molecule has 0 radical (unpaired) electrons. The number of amides is 7. The van der Waals surface area contributed by atoms with Gasteiger partial charge in [-0.3, -0.25) is 69.2 Å². The zero-order valence-corrected chi connectivity index (χ0v) is 63.5. The standard InChI is InChI=1S/C14H15NO2.C9H7ClN2O.C9H10ClNO.C9H7F4NO.2C9H10N2O3.C8H7Cl2NO.C8H8N2O3/c1-15-14(16)12-9-5-6-10-13(12)17-11-7-3-2-4-8-11;1-12-9(13)7-4-6(5-11)2-3-8(7)10;1-6-4-3-5-7(10)8(6)9(12)11-2;1-14-8(15)6-3-2-5(10)4-7(6)9(11,12)13;1-6-5-7(11(13)14)3-4-8(6)9(12)10-2;1-6-3-4-7(11(13)14)5-8(6)9(12)10-2;1-11-8(12)7-5(9)3-2-4-6(7)10;1-9-8(11)6-4-2-3-5-7(6)10(12)13/h2-10,14-16H,1H3;2-4H,1H3,(H,12,13);3-5H,1-2H3,(H,11,12);2-4H,1H3,(H,14,15);2*3-5H,1-2H3,(H,10,12);2-4H,1H3,(H,11,12);2-5H,1H3,(H,9,11)/t14-;;;;;;;/m1......./s1. The number of rotatable bonds is 14. The third kappa shape index (κ3) is 29.7. The molecular weight excluding hydrogens is 1530 g/mol. The number of non-ortho nitro benzene ring substituents is 2. The number of nitro benzene ring substituents is 3. The van der Waals surface area contributed by atoms with Crippen molar-refractivity contribution in [1.29, 1.82) is 5.26 Å². The Labute approximate surface area is 648 Å². The smallest absolute Gasteiger partial charge is 0.417 e. The van der Waals surface area contributed by atoms with Crippen molar-refractivity contribution in [3.63, 3.8) is 0 Å². The van der Waals surface area contributed by atoms with Crippen LogP contribution in [0.5, 0.6) is 11.5 Å². The van der Waals surface area contributed by atoms with Crippen LogP contribution in [0.3, 0.4) is 0 Å². The monoisotopic (exact) mass is 1600 g/mol. The number of halogens is 8. The lowest BCUT2D eigenvalue weighted by atomic mass is 10.1. The van der Waals surface area contributed by atoms with Crippen molar-refractivity contribution < 1.29 is 75.7 Å². The first-order valence-corrected chi connectivity index (χ1v) is 33.2. The Balaban J connectivity index is 0.000000428. The fourth-order valence-electron chi connectivity index (χ4n) is 8.65. The van der Waals surface area contributed by atoms with E-state index in [1.807, 2.05) is 79.7 Å². The van der Waals surface area contributed by atoms with Crippen LogP contribution in [0.2, 0.25) is 20.1 Å². The largest absolute Gasteiger partial charge is 0.457 e. The van der Waals surface area contributed by atoms with Crippen LogP contribution in [-0.4, -0.2) is 118 Å². The average molecular weight is 1600 g/mol. The van der Waals surface area contributed by atoms with Gasteiger partial charge < -0.3 is 47.1 Å². The summed E-state index contributed by atoms with van der Waals surface area (Å²) >= 11 is 23.1. The zero-order chi connectivity index (χ0) is 83.1. The van der Waals surface area contributed by atoms with E-state index in [4.69, 9.17) is 56.4 Å². The second-order valence-corrected chi connectivity index (χ2v) is 23.1. The molecule has 35 heteroatoms. The van der Waals surface area contributed by atoms with E-state index in [1.165, 1.54) is 103 Å². The molecule has 0 saturated heterocycles. The average Bonchev–Trinajstić information content (AvgIpc) is 0.819. The summed E-state index contributed by atoms with van der Waals surface area (Å²) in [6.07, 6.45) is -5.47. The first-order chi connectivity index (χ1) is 52.0. The molecule has 0 fully saturated rings. The van der Waals surface area contributed by atoms with Gasteiger partial charge in [-0.15, -0.1) is 0 Å². The number of aryl methyl sites for hydroxylation is 3. The third-order valence-electron chi connectivity index (χ3n) is 14.2. The van der Waals surface area contributed by atoms with Crippen LogP contribution in [-0.2, 0) is 6.18 Å². The topological polar surface area (TPSA) is 398 Å². The fraction of sp³-hybridized carbons (Fsp3) is 0.173. The van der Waals surface area contributed by atoms with Crippen molar-refractivity contribution >= 4 is 105 Å². The molecule has 9 rings (SSSR count). The second kappa shape index (κ2) is 47.3. The zero-order valence-electron chi connectivity index (χ0n) is 60.5. The molecule has 0 aliphatic carbocycles. The van der Waals surface area contributed by atoms with Gasteiger partial charge in [-0.05, 0) is 129 Å². The van der Waals surface area contributed by atoms with Crippen LogP contribution in [0.4, 0.5) is 34.6 Å². The van der Waals surface area contributed by atoms with E-state index in [-0.39, 0.29) is 52.2 Å². The molecule has 0 bridgehead atoms. The number of nitriles is 1. The van der Waals surface area contributed by atoms with Crippen LogP contribution in [0.25, 0.3) is 0 Å². The van der Waals surface area contributed by atoms with E-state index < -0.39 is 55.9 Å². The van der Waals surface area contributed by atoms with Crippen LogP contribution in [0, 0.1) is 68.3 Å². The molecule has 9 N–H and O–H groups in total. The highest BCUT2D eigenvalue weighted by atomic mass is 35.5.